The van der Waals surface area contributed by atoms with E-state index < -0.39 is 0 Å². The average molecular weight is 235 g/mol. The summed E-state index contributed by atoms with van der Waals surface area (Å²) in [4.78, 5) is 0. The lowest BCUT2D eigenvalue weighted by molar-refractivity contribution is 0.310. The van der Waals surface area contributed by atoms with Gasteiger partial charge in [-0.15, -0.1) is 0 Å². The highest BCUT2D eigenvalue weighted by atomic mass is 16.5. The number of para-hydroxylation sites is 1. The molecule has 0 aliphatic carbocycles. The van der Waals surface area contributed by atoms with Gasteiger partial charge in [0.2, 0.25) is 0 Å². The van der Waals surface area contributed by atoms with Crippen LogP contribution in [0.15, 0.2) is 18.2 Å². The summed E-state index contributed by atoms with van der Waals surface area (Å²) in [6, 6.07) is 6.90. The molecule has 1 aromatic rings. The van der Waals surface area contributed by atoms with Crippen LogP contribution in [0.3, 0.4) is 0 Å². The molecular weight excluding hydrogens is 210 g/mol. The second-order valence-corrected chi connectivity index (χ2v) is 4.60. The first-order valence-electron chi connectivity index (χ1n) is 6.63. The van der Waals surface area contributed by atoms with Gasteiger partial charge in [-0.2, -0.15) is 0 Å². The van der Waals surface area contributed by atoms with Crippen LogP contribution in [-0.4, -0.2) is 12.6 Å². The van der Waals surface area contributed by atoms with Crippen LogP contribution in [0, 0.1) is 6.92 Å². The maximum absolute atomic E-state index is 5.84. The Morgan fingerprint density at radius 1 is 1.29 bits per heavy atom. The Morgan fingerprint density at radius 2 is 2.06 bits per heavy atom. The Kier molecular flexibility index (Phi) is 6.06. The lowest BCUT2D eigenvalue weighted by Crippen LogP contribution is -2.24. The third-order valence-corrected chi connectivity index (χ3v) is 3.00. The molecule has 2 nitrogen and oxygen atoms in total. The van der Waals surface area contributed by atoms with Gasteiger partial charge in [0.05, 0.1) is 6.61 Å². The van der Waals surface area contributed by atoms with Crippen molar-refractivity contribution in [3.05, 3.63) is 29.3 Å². The zero-order chi connectivity index (χ0) is 12.7. The molecule has 0 bridgehead atoms. The van der Waals surface area contributed by atoms with E-state index in [1.54, 1.807) is 0 Å². The Morgan fingerprint density at radius 3 is 2.71 bits per heavy atom. The number of hydrogen-bond donors (Lipinski definition) is 1. The fraction of sp³-hybridized carbons (Fsp3) is 0.600. The molecule has 1 atom stereocenters. The van der Waals surface area contributed by atoms with E-state index in [0.29, 0.717) is 6.04 Å². The van der Waals surface area contributed by atoms with Gasteiger partial charge < -0.3 is 10.1 Å². The highest BCUT2D eigenvalue weighted by Crippen LogP contribution is 2.23. The summed E-state index contributed by atoms with van der Waals surface area (Å²) in [7, 11) is 0. The van der Waals surface area contributed by atoms with Crippen LogP contribution >= 0.6 is 0 Å². The van der Waals surface area contributed by atoms with E-state index in [9.17, 15) is 0 Å². The number of hydrogen-bond acceptors (Lipinski definition) is 2. The van der Waals surface area contributed by atoms with Crippen molar-refractivity contribution >= 4 is 0 Å². The van der Waals surface area contributed by atoms with Gasteiger partial charge in [-0.25, -0.2) is 0 Å². The van der Waals surface area contributed by atoms with Crippen molar-refractivity contribution in [3.63, 3.8) is 0 Å². The summed E-state index contributed by atoms with van der Waals surface area (Å²) in [5, 5.41) is 3.51. The summed E-state index contributed by atoms with van der Waals surface area (Å²) in [5.74, 6) is 1.06. The van der Waals surface area contributed by atoms with Crippen molar-refractivity contribution < 1.29 is 4.74 Å². The van der Waals surface area contributed by atoms with Gasteiger partial charge in [0.1, 0.15) is 5.75 Å². The molecule has 2 heteroatoms. The zero-order valence-electron chi connectivity index (χ0n) is 11.5. The van der Waals surface area contributed by atoms with Gasteiger partial charge in [-0.05, 0) is 32.3 Å². The quantitative estimate of drug-likeness (QED) is 0.778. The van der Waals surface area contributed by atoms with Crippen molar-refractivity contribution in [2.75, 3.05) is 6.61 Å². The van der Waals surface area contributed by atoms with E-state index >= 15 is 0 Å². The van der Waals surface area contributed by atoms with Crippen LogP contribution in [0.2, 0.25) is 0 Å². The predicted molar refractivity (Wildman–Crippen MR) is 73.6 cm³/mol. The van der Waals surface area contributed by atoms with Crippen LogP contribution in [0.1, 0.15) is 44.7 Å². The van der Waals surface area contributed by atoms with E-state index in [1.165, 1.54) is 11.1 Å². The standard InChI is InChI=1S/C15H25NO/c1-5-10-17-15-12(3)8-7-9-14(15)11-16-13(4)6-2/h7-9,13,16H,5-6,10-11H2,1-4H3. The Bertz CT molecular complexity index is 336. The minimum atomic E-state index is 0.550. The van der Waals surface area contributed by atoms with Gasteiger partial charge in [-0.3, -0.25) is 0 Å². The summed E-state index contributed by atoms with van der Waals surface area (Å²) in [6.45, 7) is 10.3. The number of rotatable bonds is 7. The van der Waals surface area contributed by atoms with Gasteiger partial charge in [0.15, 0.2) is 0 Å². The molecule has 1 unspecified atom stereocenters. The fourth-order valence-corrected chi connectivity index (χ4v) is 1.69. The second-order valence-electron chi connectivity index (χ2n) is 4.60. The summed E-state index contributed by atoms with van der Waals surface area (Å²) in [5.41, 5.74) is 2.49. The van der Waals surface area contributed by atoms with Crippen LogP contribution < -0.4 is 10.1 Å². The Labute approximate surface area is 105 Å². The fourth-order valence-electron chi connectivity index (χ4n) is 1.69. The molecule has 0 fully saturated rings. The number of nitrogens with one attached hydrogen (secondary N) is 1. The first-order valence-corrected chi connectivity index (χ1v) is 6.63. The van der Waals surface area contributed by atoms with Gasteiger partial charge in [0.25, 0.3) is 0 Å². The molecule has 1 aromatic carbocycles. The van der Waals surface area contributed by atoms with Gasteiger partial charge in [-0.1, -0.05) is 32.0 Å². The van der Waals surface area contributed by atoms with Gasteiger partial charge >= 0.3 is 0 Å². The normalized spacial score (nSPS) is 12.5. The van der Waals surface area contributed by atoms with Crippen molar-refractivity contribution in [2.24, 2.45) is 0 Å². The molecule has 0 aliphatic heterocycles. The van der Waals surface area contributed by atoms with Crippen molar-refractivity contribution in [2.45, 2.75) is 53.1 Å². The maximum atomic E-state index is 5.84. The van der Waals surface area contributed by atoms with E-state index in [1.807, 2.05) is 0 Å². The lowest BCUT2D eigenvalue weighted by atomic mass is 10.1. The number of benzene rings is 1. The van der Waals surface area contributed by atoms with Crippen LogP contribution in [0.5, 0.6) is 5.75 Å². The minimum absolute atomic E-state index is 0.550. The topological polar surface area (TPSA) is 21.3 Å². The van der Waals surface area contributed by atoms with E-state index in [0.717, 1.165) is 31.7 Å². The predicted octanol–water partition coefficient (Wildman–Crippen LogP) is 3.67. The van der Waals surface area contributed by atoms with E-state index in [4.69, 9.17) is 4.74 Å². The molecule has 0 amide bonds. The molecule has 0 saturated carbocycles. The number of aryl methyl sites for hydroxylation is 1. The van der Waals surface area contributed by atoms with E-state index in [2.05, 4.69) is 51.2 Å². The first kappa shape index (κ1) is 14.0. The molecule has 0 spiro atoms. The molecule has 17 heavy (non-hydrogen) atoms. The highest BCUT2D eigenvalue weighted by molar-refractivity contribution is 5.40. The molecular formula is C15H25NO. The molecule has 0 aromatic heterocycles. The Balaban J connectivity index is 2.72. The molecule has 0 saturated heterocycles. The summed E-state index contributed by atoms with van der Waals surface area (Å²) in [6.07, 6.45) is 2.20. The highest BCUT2D eigenvalue weighted by Gasteiger charge is 2.07. The molecule has 0 radical (unpaired) electrons. The summed E-state index contributed by atoms with van der Waals surface area (Å²) >= 11 is 0. The lowest BCUT2D eigenvalue weighted by Gasteiger charge is -2.16. The molecule has 0 heterocycles. The zero-order valence-corrected chi connectivity index (χ0v) is 11.5. The SMILES string of the molecule is CCCOc1c(C)cccc1CNC(C)CC. The summed E-state index contributed by atoms with van der Waals surface area (Å²) < 4.78 is 5.84. The second kappa shape index (κ2) is 7.33. The third-order valence-electron chi connectivity index (χ3n) is 3.00. The number of ether oxygens (including phenoxy) is 1. The van der Waals surface area contributed by atoms with Crippen LogP contribution in [-0.2, 0) is 6.54 Å². The van der Waals surface area contributed by atoms with E-state index in [-0.39, 0.29) is 0 Å². The van der Waals surface area contributed by atoms with Crippen molar-refractivity contribution in [1.82, 2.24) is 5.32 Å². The van der Waals surface area contributed by atoms with Crippen molar-refractivity contribution in [1.29, 1.82) is 0 Å². The van der Waals surface area contributed by atoms with Crippen LogP contribution in [0.4, 0.5) is 0 Å². The molecule has 1 N–H and O–H groups in total. The van der Waals surface area contributed by atoms with Crippen LogP contribution in [0.25, 0.3) is 0 Å². The van der Waals surface area contributed by atoms with Crippen molar-refractivity contribution in [3.8, 4) is 5.75 Å². The average Bonchev–Trinajstić information content (AvgIpc) is 2.34. The van der Waals surface area contributed by atoms with Gasteiger partial charge in [0, 0.05) is 18.2 Å². The monoisotopic (exact) mass is 235 g/mol. The molecule has 1 rings (SSSR count). The smallest absolute Gasteiger partial charge is 0.126 e. The minimum Gasteiger partial charge on any atom is -0.493 e. The Hall–Kier alpha value is -1.02. The maximum Gasteiger partial charge on any atom is 0.126 e. The first-order chi connectivity index (χ1) is 8.19. The largest absolute Gasteiger partial charge is 0.493 e. The third kappa shape index (κ3) is 4.39. The molecule has 96 valence electrons. The molecule has 0 aliphatic rings.